The number of fused-ring (bicyclic) bond motifs is 2. The Hall–Kier alpha value is -3.28. The molecule has 0 radical (unpaired) electrons. The molecule has 1 N–H and O–H groups in total. The summed E-state index contributed by atoms with van der Waals surface area (Å²) in [6.45, 7) is 3.64. The van der Waals surface area contributed by atoms with Crippen molar-refractivity contribution >= 4 is 5.91 Å². The van der Waals surface area contributed by atoms with Gasteiger partial charge in [-0.15, -0.1) is 0 Å². The Kier molecular flexibility index (Phi) is 4.91. The normalized spacial score (nSPS) is 14.8. The quantitative estimate of drug-likeness (QED) is 0.708. The van der Waals surface area contributed by atoms with E-state index in [1.807, 2.05) is 18.2 Å². The molecular weight excluding hydrogens is 378 g/mol. The standard InChI is InChI=1S/C24H25N3O3/c1-16-6-9-18(10-7-16)23-26-22(19-5-3-2-4-12-27(19)23)24(28)25-14-17-8-11-20-21(13-17)30-15-29-20/h6-11,13H,2-5,12,14-15H2,1H3,(H,25,28). The van der Waals surface area contributed by atoms with Gasteiger partial charge in [0.1, 0.15) is 11.5 Å². The van der Waals surface area contributed by atoms with Crippen molar-refractivity contribution < 1.29 is 14.3 Å². The molecule has 1 aromatic heterocycles. The highest BCUT2D eigenvalue weighted by Crippen LogP contribution is 2.32. The summed E-state index contributed by atoms with van der Waals surface area (Å²) in [6, 6.07) is 14.1. The average Bonchev–Trinajstić information content (AvgIpc) is 3.29. The third-order valence-corrected chi connectivity index (χ3v) is 5.78. The maximum atomic E-state index is 13.1. The molecule has 0 atom stereocenters. The Morgan fingerprint density at radius 3 is 2.77 bits per heavy atom. The molecule has 2 aliphatic heterocycles. The van der Waals surface area contributed by atoms with E-state index in [0.717, 1.165) is 60.0 Å². The lowest BCUT2D eigenvalue weighted by atomic mass is 10.1. The highest BCUT2D eigenvalue weighted by atomic mass is 16.7. The first-order chi connectivity index (χ1) is 14.7. The van der Waals surface area contributed by atoms with Crippen LogP contribution in [0, 0.1) is 6.92 Å². The summed E-state index contributed by atoms with van der Waals surface area (Å²) in [6.07, 6.45) is 4.25. The van der Waals surface area contributed by atoms with Crippen molar-refractivity contribution in [3.63, 3.8) is 0 Å². The second-order valence-corrected chi connectivity index (χ2v) is 7.93. The molecule has 30 heavy (non-hydrogen) atoms. The molecule has 0 spiro atoms. The van der Waals surface area contributed by atoms with Crippen molar-refractivity contribution in [1.29, 1.82) is 0 Å². The van der Waals surface area contributed by atoms with Gasteiger partial charge < -0.3 is 19.4 Å². The smallest absolute Gasteiger partial charge is 0.272 e. The second kappa shape index (κ2) is 7.86. The number of hydrogen-bond donors (Lipinski definition) is 1. The highest BCUT2D eigenvalue weighted by molar-refractivity contribution is 5.94. The molecule has 154 valence electrons. The van der Waals surface area contributed by atoms with E-state index in [1.165, 1.54) is 12.0 Å². The van der Waals surface area contributed by atoms with Gasteiger partial charge in [-0.1, -0.05) is 42.3 Å². The van der Waals surface area contributed by atoms with Gasteiger partial charge in [0.15, 0.2) is 11.5 Å². The summed E-state index contributed by atoms with van der Waals surface area (Å²) in [5.74, 6) is 2.23. The molecule has 3 heterocycles. The van der Waals surface area contributed by atoms with E-state index in [9.17, 15) is 4.79 Å². The molecule has 0 bridgehead atoms. The van der Waals surface area contributed by atoms with Crippen molar-refractivity contribution in [3.8, 4) is 22.9 Å². The fraction of sp³-hybridized carbons (Fsp3) is 0.333. The number of carbonyl (C=O) groups excluding carboxylic acids is 1. The predicted octanol–water partition coefficient (Wildman–Crippen LogP) is 4.24. The SMILES string of the molecule is Cc1ccc(-c2nc(C(=O)NCc3ccc4c(c3)OCO4)c3n2CCCCC3)cc1. The molecular formula is C24H25N3O3. The minimum Gasteiger partial charge on any atom is -0.454 e. The first-order valence-electron chi connectivity index (χ1n) is 10.5. The van der Waals surface area contributed by atoms with Gasteiger partial charge in [0.2, 0.25) is 6.79 Å². The molecule has 0 saturated carbocycles. The van der Waals surface area contributed by atoms with Crippen molar-refractivity contribution in [3.05, 3.63) is 65.0 Å². The number of hydrogen-bond acceptors (Lipinski definition) is 4. The van der Waals surface area contributed by atoms with E-state index in [1.54, 1.807) is 0 Å². The van der Waals surface area contributed by atoms with Crippen LogP contribution in [-0.2, 0) is 19.5 Å². The molecule has 2 aromatic carbocycles. The fourth-order valence-electron chi connectivity index (χ4n) is 4.14. The van der Waals surface area contributed by atoms with Crippen molar-refractivity contribution in [2.75, 3.05) is 6.79 Å². The summed E-state index contributed by atoms with van der Waals surface area (Å²) < 4.78 is 13.0. The zero-order valence-corrected chi connectivity index (χ0v) is 17.1. The molecule has 0 fully saturated rings. The summed E-state index contributed by atoms with van der Waals surface area (Å²) in [7, 11) is 0. The number of nitrogens with one attached hydrogen (secondary N) is 1. The summed E-state index contributed by atoms with van der Waals surface area (Å²) in [5, 5.41) is 3.04. The number of ether oxygens (including phenoxy) is 2. The number of benzene rings is 2. The van der Waals surface area contributed by atoms with Crippen molar-refractivity contribution in [2.45, 2.75) is 45.7 Å². The van der Waals surface area contributed by atoms with Crippen LogP contribution < -0.4 is 14.8 Å². The Balaban J connectivity index is 1.41. The number of imidazole rings is 1. The molecule has 3 aromatic rings. The zero-order chi connectivity index (χ0) is 20.5. The molecule has 0 aliphatic carbocycles. The van der Waals surface area contributed by atoms with Crippen molar-refractivity contribution in [1.82, 2.24) is 14.9 Å². The van der Waals surface area contributed by atoms with Gasteiger partial charge in [0.05, 0.1) is 5.69 Å². The Bertz CT molecular complexity index is 1090. The minimum absolute atomic E-state index is 0.128. The zero-order valence-electron chi connectivity index (χ0n) is 17.1. The van der Waals surface area contributed by atoms with Crippen LogP contribution in [-0.4, -0.2) is 22.3 Å². The van der Waals surface area contributed by atoms with Crippen LogP contribution in [0.5, 0.6) is 11.5 Å². The molecule has 6 heteroatoms. The van der Waals surface area contributed by atoms with Gasteiger partial charge >= 0.3 is 0 Å². The predicted molar refractivity (Wildman–Crippen MR) is 114 cm³/mol. The molecule has 0 saturated heterocycles. The first kappa shape index (κ1) is 18.7. The topological polar surface area (TPSA) is 65.4 Å². The van der Waals surface area contributed by atoms with Gasteiger partial charge in [-0.3, -0.25) is 4.79 Å². The van der Waals surface area contributed by atoms with Crippen LogP contribution in [0.15, 0.2) is 42.5 Å². The van der Waals surface area contributed by atoms with Crippen LogP contribution in [0.1, 0.15) is 46.6 Å². The molecule has 2 aliphatic rings. The maximum absolute atomic E-state index is 13.1. The highest BCUT2D eigenvalue weighted by Gasteiger charge is 2.24. The van der Waals surface area contributed by atoms with Crippen LogP contribution >= 0.6 is 0 Å². The van der Waals surface area contributed by atoms with Crippen LogP contribution in [0.3, 0.4) is 0 Å². The lowest BCUT2D eigenvalue weighted by molar-refractivity contribution is 0.0945. The number of nitrogens with zero attached hydrogens (tertiary/aromatic N) is 2. The molecule has 6 nitrogen and oxygen atoms in total. The number of rotatable bonds is 4. The number of amides is 1. The average molecular weight is 403 g/mol. The number of aryl methyl sites for hydroxylation is 1. The Morgan fingerprint density at radius 1 is 1.07 bits per heavy atom. The van der Waals surface area contributed by atoms with E-state index in [0.29, 0.717) is 12.2 Å². The van der Waals surface area contributed by atoms with Gasteiger partial charge in [-0.2, -0.15) is 0 Å². The third kappa shape index (κ3) is 3.54. The van der Waals surface area contributed by atoms with Crippen LogP contribution in [0.4, 0.5) is 0 Å². The third-order valence-electron chi connectivity index (χ3n) is 5.78. The van der Waals surface area contributed by atoms with Crippen LogP contribution in [0.25, 0.3) is 11.4 Å². The van der Waals surface area contributed by atoms with Gasteiger partial charge in [0.25, 0.3) is 5.91 Å². The molecule has 5 rings (SSSR count). The second-order valence-electron chi connectivity index (χ2n) is 7.93. The fourth-order valence-corrected chi connectivity index (χ4v) is 4.14. The maximum Gasteiger partial charge on any atom is 0.272 e. The first-order valence-corrected chi connectivity index (χ1v) is 10.5. The monoisotopic (exact) mass is 403 g/mol. The Morgan fingerprint density at radius 2 is 1.90 bits per heavy atom. The van der Waals surface area contributed by atoms with E-state index < -0.39 is 0 Å². The van der Waals surface area contributed by atoms with E-state index >= 15 is 0 Å². The minimum atomic E-state index is -0.128. The van der Waals surface area contributed by atoms with Crippen LogP contribution in [0.2, 0.25) is 0 Å². The van der Waals surface area contributed by atoms with E-state index in [4.69, 9.17) is 14.5 Å². The van der Waals surface area contributed by atoms with Gasteiger partial charge in [0, 0.05) is 18.7 Å². The number of aromatic nitrogens is 2. The number of carbonyl (C=O) groups is 1. The molecule has 0 unspecified atom stereocenters. The van der Waals surface area contributed by atoms with E-state index in [2.05, 4.69) is 41.1 Å². The van der Waals surface area contributed by atoms with Gasteiger partial charge in [-0.05, 0) is 43.9 Å². The van der Waals surface area contributed by atoms with Gasteiger partial charge in [-0.25, -0.2) is 4.98 Å². The van der Waals surface area contributed by atoms with E-state index in [-0.39, 0.29) is 12.7 Å². The summed E-state index contributed by atoms with van der Waals surface area (Å²) in [4.78, 5) is 17.9. The Labute approximate surface area is 175 Å². The largest absolute Gasteiger partial charge is 0.454 e. The summed E-state index contributed by atoms with van der Waals surface area (Å²) in [5.41, 5.74) is 4.83. The lowest BCUT2D eigenvalue weighted by Crippen LogP contribution is -2.24. The van der Waals surface area contributed by atoms with Crippen molar-refractivity contribution in [2.24, 2.45) is 0 Å². The summed E-state index contributed by atoms with van der Waals surface area (Å²) >= 11 is 0. The molecule has 1 amide bonds. The lowest BCUT2D eigenvalue weighted by Gasteiger charge is -2.09.